The van der Waals surface area contributed by atoms with Gasteiger partial charge in [-0.25, -0.2) is 0 Å². The molecule has 1 aromatic heterocycles. The molecule has 6 nitrogen and oxygen atoms in total. The van der Waals surface area contributed by atoms with Crippen LogP contribution in [-0.4, -0.2) is 36.1 Å². The molecule has 0 radical (unpaired) electrons. The number of hydrogen-bond donors (Lipinski definition) is 3. The fourth-order valence-corrected chi connectivity index (χ4v) is 5.74. The maximum Gasteiger partial charge on any atom is 0.172 e. The second kappa shape index (κ2) is 9.07. The van der Waals surface area contributed by atoms with Crippen LogP contribution >= 0.6 is 11.3 Å². The van der Waals surface area contributed by atoms with Crippen molar-refractivity contribution >= 4 is 34.4 Å². The zero-order chi connectivity index (χ0) is 24.7. The van der Waals surface area contributed by atoms with Crippen molar-refractivity contribution in [1.82, 2.24) is 0 Å². The molecule has 0 saturated heterocycles. The molecule has 3 heterocycles. The van der Waals surface area contributed by atoms with Crippen LogP contribution in [0, 0.1) is 0 Å². The first kappa shape index (κ1) is 23.5. The monoisotopic (exact) mass is 491 g/mol. The van der Waals surface area contributed by atoms with E-state index in [-0.39, 0.29) is 17.9 Å². The molecule has 0 bridgehead atoms. The average Bonchev–Trinajstić information content (AvgIpc) is 3.25. The summed E-state index contributed by atoms with van der Waals surface area (Å²) in [6, 6.07) is 9.54. The quantitative estimate of drug-likeness (QED) is 0.360. The van der Waals surface area contributed by atoms with E-state index in [1.165, 1.54) is 0 Å². The number of phenolic OH excluding ortho intramolecular Hbond substituents is 1. The Morgan fingerprint density at radius 3 is 2.71 bits per heavy atom. The first-order valence-corrected chi connectivity index (χ1v) is 12.4. The lowest BCUT2D eigenvalue weighted by Gasteiger charge is -2.35. The Balaban J connectivity index is 1.74. The third-order valence-electron chi connectivity index (χ3n) is 6.21. The molecule has 0 aliphatic carbocycles. The maximum atomic E-state index is 10.5. The predicted octanol–water partition coefficient (Wildman–Crippen LogP) is 6.14. The Hall–Kier alpha value is -3.26. The second-order valence-electron chi connectivity index (χ2n) is 9.27. The summed E-state index contributed by atoms with van der Waals surface area (Å²) in [4.78, 5) is 1.03. The molecule has 0 spiro atoms. The molecule has 182 valence electrons. The molecule has 5 rings (SSSR count). The van der Waals surface area contributed by atoms with Gasteiger partial charge >= 0.3 is 0 Å². The topological polar surface area (TPSA) is 80.2 Å². The van der Waals surface area contributed by atoms with Gasteiger partial charge in [0.15, 0.2) is 11.5 Å². The van der Waals surface area contributed by atoms with Crippen molar-refractivity contribution in [3.8, 4) is 28.4 Å². The SMILES string of the molecule is COc1c(O)ccc2c1-c1ccc3c(c1C(=Cc1sccc1COCCO)O2)C(C)=CC(C)(C)N3. The van der Waals surface area contributed by atoms with Crippen molar-refractivity contribution in [2.45, 2.75) is 32.9 Å². The number of phenols is 1. The fraction of sp³-hybridized carbons (Fsp3) is 0.286. The van der Waals surface area contributed by atoms with Gasteiger partial charge in [-0.2, -0.15) is 0 Å². The van der Waals surface area contributed by atoms with Crippen LogP contribution in [-0.2, 0) is 11.3 Å². The summed E-state index contributed by atoms with van der Waals surface area (Å²) < 4.78 is 17.7. The van der Waals surface area contributed by atoms with Crippen molar-refractivity contribution < 1.29 is 24.4 Å². The molecule has 35 heavy (non-hydrogen) atoms. The fourth-order valence-electron chi connectivity index (χ4n) is 4.91. The first-order valence-electron chi connectivity index (χ1n) is 11.5. The van der Waals surface area contributed by atoms with Gasteiger partial charge in [-0.1, -0.05) is 12.1 Å². The summed E-state index contributed by atoms with van der Waals surface area (Å²) in [6.07, 6.45) is 4.28. The molecule has 0 unspecified atom stereocenters. The number of aliphatic hydroxyl groups is 1. The number of nitrogens with one attached hydrogen (secondary N) is 1. The highest BCUT2D eigenvalue weighted by molar-refractivity contribution is 7.11. The smallest absolute Gasteiger partial charge is 0.172 e. The Bertz CT molecular complexity index is 1350. The van der Waals surface area contributed by atoms with Gasteiger partial charge in [0.1, 0.15) is 11.5 Å². The number of rotatable bonds is 6. The van der Waals surface area contributed by atoms with Crippen LogP contribution in [0.4, 0.5) is 5.69 Å². The van der Waals surface area contributed by atoms with Crippen LogP contribution in [0.5, 0.6) is 17.2 Å². The van der Waals surface area contributed by atoms with Crippen LogP contribution in [0.25, 0.3) is 28.5 Å². The van der Waals surface area contributed by atoms with E-state index < -0.39 is 0 Å². The maximum absolute atomic E-state index is 10.5. The Labute approximate surface area is 209 Å². The molecule has 3 aromatic rings. The van der Waals surface area contributed by atoms with Gasteiger partial charge in [0.2, 0.25) is 0 Å². The van der Waals surface area contributed by atoms with Crippen molar-refractivity contribution in [1.29, 1.82) is 0 Å². The van der Waals surface area contributed by atoms with Crippen LogP contribution in [0.1, 0.15) is 42.3 Å². The number of methoxy groups -OCH3 is 1. The van der Waals surface area contributed by atoms with Gasteiger partial charge in [-0.3, -0.25) is 0 Å². The van der Waals surface area contributed by atoms with Gasteiger partial charge < -0.3 is 29.7 Å². The Morgan fingerprint density at radius 1 is 1.11 bits per heavy atom. The molecule has 0 fully saturated rings. The standard InChI is InChI=1S/C28H29NO5S/c1-16-14-28(2,3)29-19-6-5-18-25(24(16)19)22(13-23-17(9-12-35-23)15-33-11-10-30)34-21-8-7-20(31)27(32-4)26(18)21/h5-9,12-14,29-31H,10-11,15H2,1-4H3. The third kappa shape index (κ3) is 4.20. The number of ether oxygens (including phenoxy) is 3. The van der Waals surface area contributed by atoms with Crippen molar-refractivity contribution in [2.75, 3.05) is 25.6 Å². The van der Waals surface area contributed by atoms with Gasteiger partial charge in [0.05, 0.1) is 38.0 Å². The van der Waals surface area contributed by atoms with Gasteiger partial charge in [0.25, 0.3) is 0 Å². The van der Waals surface area contributed by atoms with E-state index in [4.69, 9.17) is 19.3 Å². The lowest BCUT2D eigenvalue weighted by Crippen LogP contribution is -2.32. The number of aliphatic hydroxyl groups excluding tert-OH is 1. The van der Waals surface area contributed by atoms with E-state index in [9.17, 15) is 5.11 Å². The number of benzene rings is 2. The molecule has 2 aliphatic heterocycles. The molecular weight excluding hydrogens is 462 g/mol. The molecule has 0 atom stereocenters. The average molecular weight is 492 g/mol. The lowest BCUT2D eigenvalue weighted by atomic mass is 9.83. The second-order valence-corrected chi connectivity index (χ2v) is 10.2. The Morgan fingerprint density at radius 2 is 1.94 bits per heavy atom. The highest BCUT2D eigenvalue weighted by Crippen LogP contribution is 2.54. The number of thiophene rings is 1. The molecule has 2 aromatic carbocycles. The minimum Gasteiger partial charge on any atom is -0.504 e. The van der Waals surface area contributed by atoms with E-state index in [1.807, 2.05) is 11.4 Å². The minimum absolute atomic E-state index is 0.0103. The van der Waals surface area contributed by atoms with E-state index in [0.29, 0.717) is 24.7 Å². The van der Waals surface area contributed by atoms with Gasteiger partial charge in [-0.15, -0.1) is 11.3 Å². The molecule has 7 heteroatoms. The van der Waals surface area contributed by atoms with E-state index in [0.717, 1.165) is 49.7 Å². The van der Waals surface area contributed by atoms with Crippen LogP contribution < -0.4 is 14.8 Å². The highest BCUT2D eigenvalue weighted by Gasteiger charge is 2.33. The van der Waals surface area contributed by atoms with E-state index in [2.05, 4.69) is 50.4 Å². The van der Waals surface area contributed by atoms with E-state index in [1.54, 1.807) is 30.6 Å². The predicted molar refractivity (Wildman–Crippen MR) is 141 cm³/mol. The van der Waals surface area contributed by atoms with Crippen LogP contribution in [0.15, 0.2) is 41.8 Å². The molecule has 0 saturated carbocycles. The summed E-state index contributed by atoms with van der Waals surface area (Å²) in [5.74, 6) is 1.80. The van der Waals surface area contributed by atoms with Crippen LogP contribution in [0.2, 0.25) is 0 Å². The van der Waals surface area contributed by atoms with Crippen molar-refractivity contribution in [3.05, 3.63) is 63.4 Å². The van der Waals surface area contributed by atoms with Crippen molar-refractivity contribution in [3.63, 3.8) is 0 Å². The summed E-state index contributed by atoms with van der Waals surface area (Å²) in [5.41, 5.74) is 6.73. The summed E-state index contributed by atoms with van der Waals surface area (Å²) in [6.45, 7) is 7.10. The summed E-state index contributed by atoms with van der Waals surface area (Å²) >= 11 is 1.61. The number of aromatic hydroxyl groups is 1. The highest BCUT2D eigenvalue weighted by atomic mass is 32.1. The van der Waals surface area contributed by atoms with Crippen molar-refractivity contribution in [2.24, 2.45) is 0 Å². The zero-order valence-corrected chi connectivity index (χ0v) is 21.1. The molecule has 3 N–H and O–H groups in total. The lowest BCUT2D eigenvalue weighted by molar-refractivity contribution is 0.0816. The number of allylic oxidation sites excluding steroid dienone is 1. The summed E-state index contributed by atoms with van der Waals surface area (Å²) in [7, 11) is 1.55. The molecule has 2 aliphatic rings. The zero-order valence-electron chi connectivity index (χ0n) is 20.3. The molecule has 0 amide bonds. The number of fused-ring (bicyclic) bond motifs is 5. The Kier molecular flexibility index (Phi) is 6.09. The normalized spacial score (nSPS) is 16.5. The number of anilines is 1. The van der Waals surface area contributed by atoms with E-state index >= 15 is 0 Å². The number of hydrogen-bond acceptors (Lipinski definition) is 7. The third-order valence-corrected chi connectivity index (χ3v) is 7.11. The van der Waals surface area contributed by atoms with Crippen LogP contribution in [0.3, 0.4) is 0 Å². The largest absolute Gasteiger partial charge is 0.504 e. The first-order chi connectivity index (χ1) is 16.8. The van der Waals surface area contributed by atoms with Gasteiger partial charge in [0, 0.05) is 27.3 Å². The minimum atomic E-state index is -0.177. The molecular formula is C28H29NO5S. The summed E-state index contributed by atoms with van der Waals surface area (Å²) in [5, 5.41) is 25.2. The van der Waals surface area contributed by atoms with Gasteiger partial charge in [-0.05, 0) is 67.6 Å².